The Bertz CT molecular complexity index is 376. The molecule has 2 rings (SSSR count). The van der Waals surface area contributed by atoms with E-state index in [1.807, 2.05) is 18.2 Å². The molecule has 15 heavy (non-hydrogen) atoms. The lowest BCUT2D eigenvalue weighted by Crippen LogP contribution is -2.08. The quantitative estimate of drug-likeness (QED) is 0.748. The van der Waals surface area contributed by atoms with Crippen LogP contribution in [-0.4, -0.2) is 13.1 Å². The predicted octanol–water partition coefficient (Wildman–Crippen LogP) is 1.74. The fraction of sp³-hybridized carbons (Fsp3) is 0.417. The average Bonchev–Trinajstić information content (AvgIpc) is 2.57. The Morgan fingerprint density at radius 2 is 2.13 bits per heavy atom. The van der Waals surface area contributed by atoms with E-state index in [-0.39, 0.29) is 17.9 Å². The van der Waals surface area contributed by atoms with E-state index in [2.05, 4.69) is 10.8 Å². The molecule has 0 fully saturated rings. The van der Waals surface area contributed by atoms with Crippen molar-refractivity contribution in [3.63, 3.8) is 0 Å². The summed E-state index contributed by atoms with van der Waals surface area (Å²) in [7, 11) is 1.42. The van der Waals surface area contributed by atoms with Crippen LogP contribution in [0.2, 0.25) is 0 Å². The fourth-order valence-electron chi connectivity index (χ4n) is 2.26. The molecule has 0 spiro atoms. The molecule has 3 nitrogen and oxygen atoms in total. The third-order valence-electron chi connectivity index (χ3n) is 3.01. The summed E-state index contributed by atoms with van der Waals surface area (Å²) in [6.07, 6.45) is 1.27. The number of carbonyl (C=O) groups is 1. The standard InChI is InChI=1S/C12H15NO2/c1-15-12(14)7-8-6-11(13)10-5-3-2-4-9(8)10/h2-5,8,11H,6-7,13H2,1H3. The van der Waals surface area contributed by atoms with Crippen LogP contribution < -0.4 is 5.73 Å². The van der Waals surface area contributed by atoms with Gasteiger partial charge in [-0.3, -0.25) is 4.79 Å². The van der Waals surface area contributed by atoms with Crippen molar-refractivity contribution in [2.24, 2.45) is 5.73 Å². The van der Waals surface area contributed by atoms with Gasteiger partial charge in [0.05, 0.1) is 13.5 Å². The third kappa shape index (κ3) is 1.88. The highest BCUT2D eigenvalue weighted by molar-refractivity contribution is 5.70. The van der Waals surface area contributed by atoms with Crippen LogP contribution in [0.25, 0.3) is 0 Å². The molecule has 3 heteroatoms. The van der Waals surface area contributed by atoms with Gasteiger partial charge < -0.3 is 10.5 Å². The van der Waals surface area contributed by atoms with Crippen molar-refractivity contribution < 1.29 is 9.53 Å². The topological polar surface area (TPSA) is 52.3 Å². The van der Waals surface area contributed by atoms with Gasteiger partial charge in [-0.1, -0.05) is 24.3 Å². The van der Waals surface area contributed by atoms with E-state index >= 15 is 0 Å². The van der Waals surface area contributed by atoms with E-state index < -0.39 is 0 Å². The molecule has 0 radical (unpaired) electrons. The molecule has 0 amide bonds. The minimum absolute atomic E-state index is 0.0656. The van der Waals surface area contributed by atoms with Gasteiger partial charge in [0.25, 0.3) is 0 Å². The zero-order valence-electron chi connectivity index (χ0n) is 8.77. The maximum atomic E-state index is 11.2. The lowest BCUT2D eigenvalue weighted by Gasteiger charge is -2.08. The van der Waals surface area contributed by atoms with Gasteiger partial charge >= 0.3 is 5.97 Å². The van der Waals surface area contributed by atoms with E-state index in [9.17, 15) is 4.79 Å². The van der Waals surface area contributed by atoms with Gasteiger partial charge in [-0.2, -0.15) is 0 Å². The molecular weight excluding hydrogens is 190 g/mol. The first-order valence-electron chi connectivity index (χ1n) is 5.13. The Morgan fingerprint density at radius 1 is 1.47 bits per heavy atom. The summed E-state index contributed by atoms with van der Waals surface area (Å²) in [5.74, 6) is 0.0625. The van der Waals surface area contributed by atoms with Gasteiger partial charge in [0, 0.05) is 6.04 Å². The summed E-state index contributed by atoms with van der Waals surface area (Å²) in [5.41, 5.74) is 8.38. The van der Waals surface area contributed by atoms with Crippen molar-refractivity contribution in [2.75, 3.05) is 7.11 Å². The molecule has 1 aliphatic carbocycles. The molecule has 0 saturated carbocycles. The van der Waals surface area contributed by atoms with Crippen molar-refractivity contribution in [3.8, 4) is 0 Å². The van der Waals surface area contributed by atoms with E-state index in [0.29, 0.717) is 6.42 Å². The van der Waals surface area contributed by atoms with Crippen molar-refractivity contribution in [1.29, 1.82) is 0 Å². The second kappa shape index (κ2) is 4.03. The van der Waals surface area contributed by atoms with Crippen LogP contribution in [0.5, 0.6) is 0 Å². The number of esters is 1. The van der Waals surface area contributed by atoms with Gasteiger partial charge in [0.15, 0.2) is 0 Å². The number of nitrogens with two attached hydrogens (primary N) is 1. The average molecular weight is 205 g/mol. The first kappa shape index (κ1) is 10.2. The second-order valence-electron chi connectivity index (χ2n) is 3.95. The highest BCUT2D eigenvalue weighted by Gasteiger charge is 2.29. The van der Waals surface area contributed by atoms with E-state index in [4.69, 9.17) is 5.73 Å². The summed E-state index contributed by atoms with van der Waals surface area (Å²) < 4.78 is 4.68. The molecule has 0 bridgehead atoms. The lowest BCUT2D eigenvalue weighted by atomic mass is 9.98. The molecule has 80 valence electrons. The van der Waals surface area contributed by atoms with Gasteiger partial charge in [-0.15, -0.1) is 0 Å². The number of rotatable bonds is 2. The number of benzene rings is 1. The Kier molecular flexibility index (Phi) is 2.73. The predicted molar refractivity (Wildman–Crippen MR) is 57.4 cm³/mol. The van der Waals surface area contributed by atoms with E-state index in [1.165, 1.54) is 18.2 Å². The normalized spacial score (nSPS) is 23.6. The van der Waals surface area contributed by atoms with E-state index in [1.54, 1.807) is 0 Å². The number of fused-ring (bicyclic) bond motifs is 1. The molecule has 1 aromatic rings. The van der Waals surface area contributed by atoms with Crippen LogP contribution in [0.1, 0.15) is 35.9 Å². The summed E-state index contributed by atoms with van der Waals surface area (Å²) in [5, 5.41) is 0. The number of carbonyl (C=O) groups excluding carboxylic acids is 1. The smallest absolute Gasteiger partial charge is 0.306 e. The van der Waals surface area contributed by atoms with Crippen molar-refractivity contribution in [1.82, 2.24) is 0 Å². The SMILES string of the molecule is COC(=O)CC1CC(N)c2ccccc21. The molecule has 2 N–H and O–H groups in total. The van der Waals surface area contributed by atoms with Gasteiger partial charge in [0.2, 0.25) is 0 Å². The van der Waals surface area contributed by atoms with Crippen LogP contribution in [0.3, 0.4) is 0 Å². The maximum Gasteiger partial charge on any atom is 0.306 e. The first-order chi connectivity index (χ1) is 7.22. The summed E-state index contributed by atoms with van der Waals surface area (Å²) in [6.45, 7) is 0. The molecule has 0 heterocycles. The van der Waals surface area contributed by atoms with Gasteiger partial charge in [-0.25, -0.2) is 0 Å². The highest BCUT2D eigenvalue weighted by Crippen LogP contribution is 2.40. The van der Waals surface area contributed by atoms with Gasteiger partial charge in [0.1, 0.15) is 0 Å². The number of hydrogen-bond acceptors (Lipinski definition) is 3. The van der Waals surface area contributed by atoms with E-state index in [0.717, 1.165) is 6.42 Å². The zero-order chi connectivity index (χ0) is 10.8. The number of hydrogen-bond donors (Lipinski definition) is 1. The number of ether oxygens (including phenoxy) is 1. The third-order valence-corrected chi connectivity index (χ3v) is 3.01. The summed E-state index contributed by atoms with van der Waals surface area (Å²) in [6, 6.07) is 8.13. The number of methoxy groups -OCH3 is 1. The Hall–Kier alpha value is -1.35. The molecule has 2 unspecified atom stereocenters. The van der Waals surface area contributed by atoms with Crippen molar-refractivity contribution in [2.45, 2.75) is 24.8 Å². The fourth-order valence-corrected chi connectivity index (χ4v) is 2.26. The Morgan fingerprint density at radius 3 is 2.80 bits per heavy atom. The maximum absolute atomic E-state index is 11.2. The first-order valence-corrected chi connectivity index (χ1v) is 5.13. The molecule has 0 aliphatic heterocycles. The summed E-state index contributed by atoms with van der Waals surface area (Å²) >= 11 is 0. The summed E-state index contributed by atoms with van der Waals surface area (Å²) in [4.78, 5) is 11.2. The molecular formula is C12H15NO2. The lowest BCUT2D eigenvalue weighted by molar-refractivity contribution is -0.141. The molecule has 1 aromatic carbocycles. The second-order valence-corrected chi connectivity index (χ2v) is 3.95. The van der Waals surface area contributed by atoms with Crippen LogP contribution in [0.4, 0.5) is 0 Å². The Labute approximate surface area is 89.2 Å². The van der Waals surface area contributed by atoms with Crippen molar-refractivity contribution in [3.05, 3.63) is 35.4 Å². The van der Waals surface area contributed by atoms with Crippen LogP contribution >= 0.6 is 0 Å². The molecule has 0 saturated heterocycles. The zero-order valence-corrected chi connectivity index (χ0v) is 8.77. The molecule has 0 aromatic heterocycles. The largest absolute Gasteiger partial charge is 0.469 e. The molecule has 1 aliphatic rings. The van der Waals surface area contributed by atoms with Crippen molar-refractivity contribution >= 4 is 5.97 Å². The monoisotopic (exact) mass is 205 g/mol. The van der Waals surface area contributed by atoms with Crippen LogP contribution in [0, 0.1) is 0 Å². The molecule has 2 atom stereocenters. The highest BCUT2D eigenvalue weighted by atomic mass is 16.5. The van der Waals surface area contributed by atoms with Gasteiger partial charge in [-0.05, 0) is 23.5 Å². The Balaban J connectivity index is 2.21. The van der Waals surface area contributed by atoms with Crippen LogP contribution in [0.15, 0.2) is 24.3 Å². The van der Waals surface area contributed by atoms with Crippen LogP contribution in [-0.2, 0) is 9.53 Å². The minimum Gasteiger partial charge on any atom is -0.469 e. The minimum atomic E-state index is -0.163.